The number of nitrogens with zero attached hydrogens (tertiary/aromatic N) is 3. The lowest BCUT2D eigenvalue weighted by molar-refractivity contribution is -0.122. The summed E-state index contributed by atoms with van der Waals surface area (Å²) in [4.78, 5) is 24.4. The first kappa shape index (κ1) is 21.9. The summed E-state index contributed by atoms with van der Waals surface area (Å²) in [7, 11) is 0. The fourth-order valence-electron chi connectivity index (χ4n) is 2.79. The van der Waals surface area contributed by atoms with Crippen molar-refractivity contribution < 1.29 is 9.59 Å². The Balaban J connectivity index is 1.53. The molecule has 0 aliphatic carbocycles. The molecule has 0 bridgehead atoms. The monoisotopic (exact) mass is 443 g/mol. The van der Waals surface area contributed by atoms with Crippen LogP contribution in [0, 0.1) is 20.8 Å². The first-order valence-corrected chi connectivity index (χ1v) is 10.6. The minimum absolute atomic E-state index is 0.104. The molecule has 30 heavy (non-hydrogen) atoms. The Hall–Kier alpha value is -2.84. The van der Waals surface area contributed by atoms with Gasteiger partial charge < -0.3 is 10.6 Å². The zero-order valence-electron chi connectivity index (χ0n) is 16.9. The van der Waals surface area contributed by atoms with Crippen LogP contribution in [0.3, 0.4) is 0 Å². The van der Waals surface area contributed by atoms with Gasteiger partial charge in [0.1, 0.15) is 6.33 Å². The van der Waals surface area contributed by atoms with E-state index in [9.17, 15) is 9.59 Å². The van der Waals surface area contributed by atoms with E-state index < -0.39 is 0 Å². The second-order valence-corrected chi connectivity index (χ2v) is 8.15. The molecular weight excluding hydrogens is 422 g/mol. The molecule has 7 nitrogen and oxygen atoms in total. The second-order valence-electron chi connectivity index (χ2n) is 6.80. The lowest BCUT2D eigenvalue weighted by Gasteiger charge is -2.12. The fourth-order valence-corrected chi connectivity index (χ4v) is 3.72. The lowest BCUT2D eigenvalue weighted by atomic mass is 10.1. The van der Waals surface area contributed by atoms with E-state index >= 15 is 0 Å². The van der Waals surface area contributed by atoms with E-state index in [1.54, 1.807) is 10.9 Å². The molecule has 0 saturated carbocycles. The Labute approximate surface area is 184 Å². The maximum Gasteiger partial charge on any atom is 0.243 e. The molecule has 9 heteroatoms. The molecule has 0 spiro atoms. The number of benzene rings is 2. The van der Waals surface area contributed by atoms with E-state index in [4.69, 9.17) is 11.6 Å². The average molecular weight is 444 g/mol. The summed E-state index contributed by atoms with van der Waals surface area (Å²) >= 11 is 7.43. The van der Waals surface area contributed by atoms with E-state index in [0.717, 1.165) is 28.1 Å². The third-order valence-corrected chi connectivity index (χ3v) is 5.82. The summed E-state index contributed by atoms with van der Waals surface area (Å²) in [6.07, 6.45) is 1.57. The van der Waals surface area contributed by atoms with Gasteiger partial charge in [-0.3, -0.25) is 14.2 Å². The number of para-hydroxylation sites is 1. The third-order valence-electron chi connectivity index (χ3n) is 4.47. The zero-order chi connectivity index (χ0) is 21.7. The summed E-state index contributed by atoms with van der Waals surface area (Å²) in [5.74, 6) is -0.439. The number of carbonyl (C=O) groups excluding carboxylic acids is 2. The van der Waals surface area contributed by atoms with Crippen LogP contribution in [0.15, 0.2) is 47.9 Å². The van der Waals surface area contributed by atoms with Gasteiger partial charge in [-0.25, -0.2) is 0 Å². The first-order valence-electron chi connectivity index (χ1n) is 9.27. The average Bonchev–Trinajstić information content (AvgIpc) is 3.18. The number of thioether (sulfide) groups is 1. The SMILES string of the molecule is Cc1ccc(-n2cnnc2SCC(=O)NCC(=O)Nc2c(C)cccc2C)cc1Cl. The van der Waals surface area contributed by atoms with Crippen LogP contribution in [0.4, 0.5) is 5.69 Å². The molecule has 1 aromatic heterocycles. The van der Waals surface area contributed by atoms with E-state index in [2.05, 4.69) is 20.8 Å². The maximum atomic E-state index is 12.2. The molecule has 0 radical (unpaired) electrons. The van der Waals surface area contributed by atoms with Gasteiger partial charge in [0.25, 0.3) is 0 Å². The smallest absolute Gasteiger partial charge is 0.243 e. The molecule has 0 atom stereocenters. The standard InChI is InChI=1S/C21H22ClN5O2S/c1-13-7-8-16(9-17(13)22)27-12-24-26-21(27)30-11-19(29)23-10-18(28)25-20-14(2)5-4-6-15(20)3/h4-9,12H,10-11H2,1-3H3,(H,23,29)(H,25,28). The van der Waals surface area contributed by atoms with Gasteiger partial charge in [-0.1, -0.05) is 47.6 Å². The number of rotatable bonds is 7. The van der Waals surface area contributed by atoms with E-state index in [1.807, 2.05) is 57.2 Å². The minimum atomic E-state index is -0.275. The van der Waals surface area contributed by atoms with Crippen LogP contribution in [-0.4, -0.2) is 38.9 Å². The van der Waals surface area contributed by atoms with Crippen LogP contribution in [0.5, 0.6) is 0 Å². The van der Waals surface area contributed by atoms with E-state index in [0.29, 0.717) is 10.2 Å². The van der Waals surface area contributed by atoms with Crippen molar-refractivity contribution in [2.24, 2.45) is 0 Å². The Morgan fingerprint density at radius 3 is 2.50 bits per heavy atom. The molecular formula is C21H22ClN5O2S. The third kappa shape index (κ3) is 5.40. The molecule has 0 aliphatic heterocycles. The molecule has 0 fully saturated rings. The largest absolute Gasteiger partial charge is 0.346 e. The van der Waals surface area contributed by atoms with Crippen molar-refractivity contribution in [3.63, 3.8) is 0 Å². The summed E-state index contributed by atoms with van der Waals surface area (Å²) in [5.41, 5.74) is 4.50. The van der Waals surface area contributed by atoms with Crippen LogP contribution < -0.4 is 10.6 Å². The Kier molecular flexibility index (Phi) is 7.12. The quantitative estimate of drug-likeness (QED) is 0.543. The van der Waals surface area contributed by atoms with Gasteiger partial charge in [-0.2, -0.15) is 0 Å². The van der Waals surface area contributed by atoms with Crippen LogP contribution in [0.25, 0.3) is 5.69 Å². The Bertz CT molecular complexity index is 1060. The number of nitrogens with one attached hydrogen (secondary N) is 2. The first-order chi connectivity index (χ1) is 14.3. The van der Waals surface area contributed by atoms with Crippen LogP contribution in [0.2, 0.25) is 5.02 Å². The summed E-state index contributed by atoms with van der Waals surface area (Å²) in [5, 5.41) is 14.7. The highest BCUT2D eigenvalue weighted by Crippen LogP contribution is 2.23. The number of amides is 2. The highest BCUT2D eigenvalue weighted by molar-refractivity contribution is 7.99. The van der Waals surface area contributed by atoms with Gasteiger partial charge in [-0.15, -0.1) is 10.2 Å². The molecule has 2 aromatic carbocycles. The van der Waals surface area contributed by atoms with Crippen molar-refractivity contribution in [2.75, 3.05) is 17.6 Å². The predicted molar refractivity (Wildman–Crippen MR) is 119 cm³/mol. The lowest BCUT2D eigenvalue weighted by Crippen LogP contribution is -2.34. The molecule has 2 N–H and O–H groups in total. The van der Waals surface area contributed by atoms with Gasteiger partial charge in [0, 0.05) is 10.7 Å². The van der Waals surface area contributed by atoms with Crippen LogP contribution >= 0.6 is 23.4 Å². The van der Waals surface area contributed by atoms with E-state index in [1.165, 1.54) is 11.8 Å². The van der Waals surface area contributed by atoms with Gasteiger partial charge in [-0.05, 0) is 49.6 Å². The molecule has 156 valence electrons. The second kappa shape index (κ2) is 9.77. The molecule has 3 rings (SSSR count). The highest BCUT2D eigenvalue weighted by atomic mass is 35.5. The summed E-state index contributed by atoms with van der Waals surface area (Å²) in [6, 6.07) is 11.4. The summed E-state index contributed by atoms with van der Waals surface area (Å²) in [6.45, 7) is 5.67. The Morgan fingerprint density at radius 1 is 1.07 bits per heavy atom. The van der Waals surface area contributed by atoms with Crippen molar-refractivity contribution in [1.29, 1.82) is 0 Å². The van der Waals surface area contributed by atoms with Gasteiger partial charge in [0.2, 0.25) is 11.8 Å². The molecule has 0 unspecified atom stereocenters. The van der Waals surface area contributed by atoms with Gasteiger partial charge in [0.05, 0.1) is 18.0 Å². The molecule has 2 amide bonds. The van der Waals surface area contributed by atoms with Crippen molar-refractivity contribution >= 4 is 40.9 Å². The number of carbonyl (C=O) groups is 2. The molecule has 0 saturated heterocycles. The minimum Gasteiger partial charge on any atom is -0.346 e. The normalized spacial score (nSPS) is 10.7. The highest BCUT2D eigenvalue weighted by Gasteiger charge is 2.13. The number of anilines is 1. The molecule has 1 heterocycles. The van der Waals surface area contributed by atoms with E-state index in [-0.39, 0.29) is 24.1 Å². The fraction of sp³-hybridized carbons (Fsp3) is 0.238. The topological polar surface area (TPSA) is 88.9 Å². The summed E-state index contributed by atoms with van der Waals surface area (Å²) < 4.78 is 1.76. The number of aryl methyl sites for hydroxylation is 3. The number of aromatic nitrogens is 3. The van der Waals surface area contributed by atoms with Gasteiger partial charge >= 0.3 is 0 Å². The van der Waals surface area contributed by atoms with Crippen molar-refractivity contribution in [2.45, 2.75) is 25.9 Å². The van der Waals surface area contributed by atoms with Gasteiger partial charge in [0.15, 0.2) is 5.16 Å². The number of hydrogen-bond donors (Lipinski definition) is 2. The zero-order valence-corrected chi connectivity index (χ0v) is 18.5. The number of halogens is 1. The van der Waals surface area contributed by atoms with Crippen molar-refractivity contribution in [1.82, 2.24) is 20.1 Å². The molecule has 3 aromatic rings. The Morgan fingerprint density at radius 2 is 1.80 bits per heavy atom. The van der Waals surface area contributed by atoms with Crippen LogP contribution in [-0.2, 0) is 9.59 Å². The van der Waals surface area contributed by atoms with Crippen molar-refractivity contribution in [3.8, 4) is 5.69 Å². The number of hydrogen-bond acceptors (Lipinski definition) is 5. The molecule has 0 aliphatic rings. The van der Waals surface area contributed by atoms with Crippen molar-refractivity contribution in [3.05, 3.63) is 64.4 Å². The predicted octanol–water partition coefficient (Wildman–Crippen LogP) is 3.69. The van der Waals surface area contributed by atoms with Crippen LogP contribution in [0.1, 0.15) is 16.7 Å². The maximum absolute atomic E-state index is 12.2.